The SMILES string of the molecule is CCC(NC(C)=O)C(=O)NC(CC)C(=O)NC(CC)C(=O)NCCCOC(=O)N(C)CCC(C)C. The summed E-state index contributed by atoms with van der Waals surface area (Å²) in [5.41, 5.74) is 0. The second kappa shape index (κ2) is 17.6. The molecule has 0 radical (unpaired) electrons. The van der Waals surface area contributed by atoms with Crippen molar-refractivity contribution in [3.63, 3.8) is 0 Å². The van der Waals surface area contributed by atoms with E-state index >= 15 is 0 Å². The maximum atomic E-state index is 12.7. The molecule has 0 aliphatic carbocycles. The molecule has 0 aliphatic rings. The molecule has 0 bridgehead atoms. The Morgan fingerprint density at radius 1 is 0.800 bits per heavy atom. The number of nitrogens with zero attached hydrogens (tertiary/aromatic N) is 1. The van der Waals surface area contributed by atoms with E-state index in [1.165, 1.54) is 11.8 Å². The van der Waals surface area contributed by atoms with Crippen LogP contribution in [0.2, 0.25) is 0 Å². The van der Waals surface area contributed by atoms with Crippen LogP contribution in [0.25, 0.3) is 0 Å². The van der Waals surface area contributed by atoms with Gasteiger partial charge in [-0.1, -0.05) is 34.6 Å². The number of amides is 5. The molecule has 0 saturated carbocycles. The quantitative estimate of drug-likeness (QED) is 0.236. The van der Waals surface area contributed by atoms with Crippen molar-refractivity contribution >= 4 is 29.7 Å². The number of nitrogens with one attached hydrogen (secondary N) is 4. The maximum absolute atomic E-state index is 12.7. The molecular weight excluding hydrogens is 454 g/mol. The molecule has 3 atom stereocenters. The molecule has 4 N–H and O–H groups in total. The highest BCUT2D eigenvalue weighted by Gasteiger charge is 2.27. The van der Waals surface area contributed by atoms with E-state index in [0.717, 1.165) is 6.42 Å². The third kappa shape index (κ3) is 13.6. The van der Waals surface area contributed by atoms with Gasteiger partial charge in [0.1, 0.15) is 18.1 Å². The van der Waals surface area contributed by atoms with Gasteiger partial charge in [0.15, 0.2) is 0 Å². The van der Waals surface area contributed by atoms with E-state index in [0.29, 0.717) is 38.1 Å². The van der Waals surface area contributed by atoms with Crippen LogP contribution in [0.3, 0.4) is 0 Å². The molecule has 0 aromatic rings. The lowest BCUT2D eigenvalue weighted by Crippen LogP contribution is -2.56. The monoisotopic (exact) mass is 499 g/mol. The molecule has 5 amide bonds. The molecule has 0 heterocycles. The van der Waals surface area contributed by atoms with Gasteiger partial charge in [0.25, 0.3) is 0 Å². The third-order valence-electron chi connectivity index (χ3n) is 5.38. The first-order chi connectivity index (χ1) is 16.5. The Bertz CT molecular complexity index is 700. The average molecular weight is 500 g/mol. The van der Waals surface area contributed by atoms with Crippen molar-refractivity contribution in [2.45, 2.75) is 91.8 Å². The number of rotatable bonds is 16. The fourth-order valence-electron chi connectivity index (χ4n) is 3.07. The first kappa shape index (κ1) is 32.1. The normalized spacial score (nSPS) is 13.3. The molecule has 11 heteroatoms. The van der Waals surface area contributed by atoms with Crippen LogP contribution in [0.15, 0.2) is 0 Å². The zero-order chi connectivity index (χ0) is 27.0. The Hall–Kier alpha value is -2.85. The molecule has 202 valence electrons. The molecule has 0 spiro atoms. The molecule has 0 fully saturated rings. The van der Waals surface area contributed by atoms with Crippen LogP contribution >= 0.6 is 0 Å². The first-order valence-corrected chi connectivity index (χ1v) is 12.5. The summed E-state index contributed by atoms with van der Waals surface area (Å²) < 4.78 is 5.20. The highest BCUT2D eigenvalue weighted by Crippen LogP contribution is 2.02. The third-order valence-corrected chi connectivity index (χ3v) is 5.38. The number of hydrogen-bond acceptors (Lipinski definition) is 6. The first-order valence-electron chi connectivity index (χ1n) is 12.5. The zero-order valence-corrected chi connectivity index (χ0v) is 22.4. The minimum atomic E-state index is -0.834. The fraction of sp³-hybridized carbons (Fsp3) is 0.792. The summed E-state index contributed by atoms with van der Waals surface area (Å²) in [7, 11) is 1.69. The standard InChI is InChI=1S/C24H45N5O6/c1-8-18(21(31)25-13-11-15-35-24(34)29(7)14-12-16(4)5)27-23(33)20(10-3)28-22(32)19(9-2)26-17(6)30/h16,18-20H,8-15H2,1-7H3,(H,25,31)(H,26,30)(H,27,33)(H,28,32). The van der Waals surface area contributed by atoms with Gasteiger partial charge < -0.3 is 30.9 Å². The molecule has 0 aromatic heterocycles. The van der Waals surface area contributed by atoms with Gasteiger partial charge in [-0.05, 0) is 38.0 Å². The number of carbonyl (C=O) groups excluding carboxylic acids is 5. The molecule has 3 unspecified atom stereocenters. The Labute approximate surface area is 209 Å². The van der Waals surface area contributed by atoms with E-state index in [4.69, 9.17) is 4.74 Å². The Balaban J connectivity index is 4.54. The maximum Gasteiger partial charge on any atom is 0.409 e. The van der Waals surface area contributed by atoms with Crippen molar-refractivity contribution in [1.29, 1.82) is 0 Å². The molecule has 0 saturated heterocycles. The van der Waals surface area contributed by atoms with Gasteiger partial charge in [-0.3, -0.25) is 19.2 Å². The highest BCUT2D eigenvalue weighted by atomic mass is 16.6. The van der Waals surface area contributed by atoms with Gasteiger partial charge in [0, 0.05) is 27.1 Å². The molecule has 0 rings (SSSR count). The smallest absolute Gasteiger partial charge is 0.409 e. The second-order valence-corrected chi connectivity index (χ2v) is 8.96. The van der Waals surface area contributed by atoms with Crippen molar-refractivity contribution in [1.82, 2.24) is 26.2 Å². The summed E-state index contributed by atoms with van der Waals surface area (Å²) in [6, 6.07) is -2.33. The lowest BCUT2D eigenvalue weighted by molar-refractivity contribution is -0.133. The van der Waals surface area contributed by atoms with E-state index in [1.54, 1.807) is 27.8 Å². The lowest BCUT2D eigenvalue weighted by Gasteiger charge is -2.23. The summed E-state index contributed by atoms with van der Waals surface area (Å²) >= 11 is 0. The van der Waals surface area contributed by atoms with Crippen LogP contribution in [0.5, 0.6) is 0 Å². The zero-order valence-electron chi connectivity index (χ0n) is 22.4. The summed E-state index contributed by atoms with van der Waals surface area (Å²) in [6.45, 7) is 11.8. The number of hydrogen-bond donors (Lipinski definition) is 4. The largest absolute Gasteiger partial charge is 0.449 e. The van der Waals surface area contributed by atoms with Gasteiger partial charge in [-0.25, -0.2) is 4.79 Å². The van der Waals surface area contributed by atoms with E-state index in [-0.39, 0.29) is 25.0 Å². The van der Waals surface area contributed by atoms with Crippen LogP contribution in [-0.4, -0.2) is 79.5 Å². The number of ether oxygens (including phenoxy) is 1. The number of carbonyl (C=O) groups is 5. The minimum absolute atomic E-state index is 0.172. The summed E-state index contributed by atoms with van der Waals surface area (Å²) in [5, 5.41) is 10.6. The topological polar surface area (TPSA) is 146 Å². The van der Waals surface area contributed by atoms with Crippen molar-refractivity contribution in [3.8, 4) is 0 Å². The van der Waals surface area contributed by atoms with Gasteiger partial charge >= 0.3 is 6.09 Å². The van der Waals surface area contributed by atoms with Gasteiger partial charge in [0.2, 0.25) is 23.6 Å². The van der Waals surface area contributed by atoms with E-state index in [2.05, 4.69) is 35.1 Å². The van der Waals surface area contributed by atoms with E-state index in [9.17, 15) is 24.0 Å². The predicted octanol–water partition coefficient (Wildman–Crippen LogP) is 1.31. The van der Waals surface area contributed by atoms with Crippen LogP contribution < -0.4 is 21.3 Å². The predicted molar refractivity (Wildman–Crippen MR) is 133 cm³/mol. The van der Waals surface area contributed by atoms with Gasteiger partial charge in [-0.15, -0.1) is 0 Å². The lowest BCUT2D eigenvalue weighted by atomic mass is 10.1. The van der Waals surface area contributed by atoms with Crippen molar-refractivity contribution in [2.75, 3.05) is 26.7 Å². The Kier molecular flexibility index (Phi) is 16.1. The second-order valence-electron chi connectivity index (χ2n) is 8.96. The van der Waals surface area contributed by atoms with Crippen molar-refractivity contribution < 1.29 is 28.7 Å². The summed E-state index contributed by atoms with van der Waals surface area (Å²) in [5.74, 6) is -1.12. The molecule has 0 aromatic carbocycles. The van der Waals surface area contributed by atoms with Crippen molar-refractivity contribution in [2.24, 2.45) is 5.92 Å². The average Bonchev–Trinajstić information content (AvgIpc) is 2.81. The Morgan fingerprint density at radius 2 is 1.29 bits per heavy atom. The summed E-state index contributed by atoms with van der Waals surface area (Å²) in [4.78, 5) is 62.3. The molecule has 35 heavy (non-hydrogen) atoms. The van der Waals surface area contributed by atoms with Crippen molar-refractivity contribution in [3.05, 3.63) is 0 Å². The van der Waals surface area contributed by atoms with Crippen LogP contribution in [-0.2, 0) is 23.9 Å². The molecule has 11 nitrogen and oxygen atoms in total. The van der Waals surface area contributed by atoms with E-state index < -0.39 is 36.0 Å². The van der Waals surface area contributed by atoms with Crippen LogP contribution in [0, 0.1) is 5.92 Å². The Morgan fingerprint density at radius 3 is 1.74 bits per heavy atom. The van der Waals surface area contributed by atoms with Crippen LogP contribution in [0.1, 0.15) is 73.6 Å². The van der Waals surface area contributed by atoms with E-state index in [1.807, 2.05) is 0 Å². The summed E-state index contributed by atoms with van der Waals surface area (Å²) in [6.07, 6.45) is 2.00. The fourth-order valence-corrected chi connectivity index (χ4v) is 3.07. The van der Waals surface area contributed by atoms with Gasteiger partial charge in [-0.2, -0.15) is 0 Å². The van der Waals surface area contributed by atoms with Crippen LogP contribution in [0.4, 0.5) is 4.79 Å². The highest BCUT2D eigenvalue weighted by molar-refractivity contribution is 5.94. The molecular formula is C24H45N5O6. The molecule has 0 aliphatic heterocycles. The van der Waals surface area contributed by atoms with Gasteiger partial charge in [0.05, 0.1) is 6.61 Å². The minimum Gasteiger partial charge on any atom is -0.449 e.